The number of imidazole rings is 1. The van der Waals surface area contributed by atoms with Gasteiger partial charge in [-0.15, -0.1) is 0 Å². The summed E-state index contributed by atoms with van der Waals surface area (Å²) in [5, 5.41) is 2.57. The van der Waals surface area contributed by atoms with E-state index in [1.807, 2.05) is 37.3 Å². The summed E-state index contributed by atoms with van der Waals surface area (Å²) in [4.78, 5) is 27.7. The first kappa shape index (κ1) is 14.8. The molecule has 0 bridgehead atoms. The fourth-order valence-corrected chi connectivity index (χ4v) is 1.81. The Labute approximate surface area is 122 Å². The van der Waals surface area contributed by atoms with Gasteiger partial charge in [0.05, 0.1) is 0 Å². The van der Waals surface area contributed by atoms with E-state index in [1.165, 1.54) is 17.1 Å². The summed E-state index contributed by atoms with van der Waals surface area (Å²) in [6.45, 7) is 1.99. The number of aromatic nitrogens is 2. The molecule has 1 heterocycles. The van der Waals surface area contributed by atoms with Crippen LogP contribution in [0.1, 0.15) is 23.7 Å². The molecule has 0 saturated carbocycles. The van der Waals surface area contributed by atoms with Gasteiger partial charge in [-0.25, -0.2) is 9.78 Å². The van der Waals surface area contributed by atoms with Crippen molar-refractivity contribution in [2.75, 3.05) is 0 Å². The second-order valence-electron chi connectivity index (χ2n) is 4.48. The fourth-order valence-electron chi connectivity index (χ4n) is 1.81. The summed E-state index contributed by atoms with van der Waals surface area (Å²) in [5.41, 5.74) is 0.890. The third-order valence-corrected chi connectivity index (χ3v) is 2.97. The first-order valence-electron chi connectivity index (χ1n) is 6.70. The minimum absolute atomic E-state index is 0.169. The average Bonchev–Trinajstić information content (AvgIpc) is 3.05. The zero-order chi connectivity index (χ0) is 15.1. The standard InChI is InChI=1S/C15H17N3O3/c1-2-13(14(19)18-9-8-16-11-18)17-15(20)21-10-12-6-4-3-5-7-12/h3-9,11,13H,2,10H2,1H3,(H,17,20)/t13-/m0/s1. The van der Waals surface area contributed by atoms with E-state index < -0.39 is 12.1 Å². The molecule has 6 heteroatoms. The number of benzene rings is 1. The van der Waals surface area contributed by atoms with Gasteiger partial charge in [-0.1, -0.05) is 37.3 Å². The summed E-state index contributed by atoms with van der Waals surface area (Å²) in [7, 11) is 0. The van der Waals surface area contributed by atoms with Crippen molar-refractivity contribution in [2.24, 2.45) is 0 Å². The second-order valence-corrected chi connectivity index (χ2v) is 4.48. The Balaban J connectivity index is 1.87. The average molecular weight is 287 g/mol. The zero-order valence-corrected chi connectivity index (χ0v) is 11.7. The number of nitrogens with zero attached hydrogens (tertiary/aromatic N) is 2. The van der Waals surface area contributed by atoms with Crippen LogP contribution in [0.2, 0.25) is 0 Å². The van der Waals surface area contributed by atoms with Crippen LogP contribution in [0, 0.1) is 0 Å². The Morgan fingerprint density at radius 1 is 1.33 bits per heavy atom. The molecule has 1 atom stereocenters. The van der Waals surface area contributed by atoms with Crippen LogP contribution in [0.15, 0.2) is 49.1 Å². The van der Waals surface area contributed by atoms with E-state index in [2.05, 4.69) is 10.3 Å². The van der Waals surface area contributed by atoms with Crippen LogP contribution in [0.25, 0.3) is 0 Å². The minimum atomic E-state index is -0.637. The lowest BCUT2D eigenvalue weighted by molar-refractivity contribution is 0.0834. The number of hydrogen-bond donors (Lipinski definition) is 1. The molecule has 0 aliphatic carbocycles. The van der Waals surface area contributed by atoms with E-state index in [-0.39, 0.29) is 12.5 Å². The van der Waals surface area contributed by atoms with Crippen LogP contribution in [0.4, 0.5) is 4.79 Å². The highest BCUT2D eigenvalue weighted by atomic mass is 16.5. The molecule has 0 spiro atoms. The Hall–Kier alpha value is -2.63. The van der Waals surface area contributed by atoms with E-state index in [9.17, 15) is 9.59 Å². The Morgan fingerprint density at radius 3 is 2.71 bits per heavy atom. The molecule has 1 aromatic heterocycles. The van der Waals surface area contributed by atoms with E-state index in [0.29, 0.717) is 6.42 Å². The molecule has 1 N–H and O–H groups in total. The molecule has 0 fully saturated rings. The quantitative estimate of drug-likeness (QED) is 0.915. The topological polar surface area (TPSA) is 73.2 Å². The molecule has 0 unspecified atom stereocenters. The Morgan fingerprint density at radius 2 is 2.10 bits per heavy atom. The van der Waals surface area contributed by atoms with Crippen LogP contribution in [-0.4, -0.2) is 27.6 Å². The number of ether oxygens (including phenoxy) is 1. The number of hydrogen-bond acceptors (Lipinski definition) is 4. The predicted octanol–water partition coefficient (Wildman–Crippen LogP) is 2.23. The van der Waals surface area contributed by atoms with Crippen molar-refractivity contribution in [1.29, 1.82) is 0 Å². The highest BCUT2D eigenvalue weighted by Crippen LogP contribution is 2.02. The molecule has 21 heavy (non-hydrogen) atoms. The van der Waals surface area contributed by atoms with Crippen molar-refractivity contribution in [2.45, 2.75) is 26.0 Å². The zero-order valence-electron chi connectivity index (χ0n) is 11.7. The van der Waals surface area contributed by atoms with Crippen molar-refractivity contribution in [1.82, 2.24) is 14.9 Å². The molecule has 1 aromatic carbocycles. The summed E-state index contributed by atoms with van der Waals surface area (Å²) < 4.78 is 6.44. The maximum atomic E-state index is 12.1. The third-order valence-electron chi connectivity index (χ3n) is 2.97. The van der Waals surface area contributed by atoms with Crippen LogP contribution >= 0.6 is 0 Å². The molecular weight excluding hydrogens is 270 g/mol. The molecule has 0 radical (unpaired) electrons. The number of rotatable bonds is 5. The van der Waals surface area contributed by atoms with Gasteiger partial charge in [0, 0.05) is 12.4 Å². The summed E-state index contributed by atoms with van der Waals surface area (Å²) >= 11 is 0. The smallest absolute Gasteiger partial charge is 0.408 e. The second kappa shape index (κ2) is 7.23. The van der Waals surface area contributed by atoms with Crippen molar-refractivity contribution in [3.05, 3.63) is 54.6 Å². The van der Waals surface area contributed by atoms with E-state index >= 15 is 0 Å². The molecule has 2 rings (SSSR count). The third kappa shape index (κ3) is 4.17. The highest BCUT2D eigenvalue weighted by molar-refractivity contribution is 5.87. The monoisotopic (exact) mass is 287 g/mol. The van der Waals surface area contributed by atoms with E-state index in [4.69, 9.17) is 4.74 Å². The lowest BCUT2D eigenvalue weighted by Gasteiger charge is -2.15. The lowest BCUT2D eigenvalue weighted by Crippen LogP contribution is -2.42. The normalized spacial score (nSPS) is 11.7. The predicted molar refractivity (Wildman–Crippen MR) is 76.7 cm³/mol. The van der Waals surface area contributed by atoms with Crippen LogP contribution in [-0.2, 0) is 11.3 Å². The van der Waals surface area contributed by atoms with Gasteiger partial charge in [-0.3, -0.25) is 9.36 Å². The van der Waals surface area contributed by atoms with Crippen molar-refractivity contribution >= 4 is 12.0 Å². The summed E-state index contributed by atoms with van der Waals surface area (Å²) in [5.74, 6) is -0.244. The fraction of sp³-hybridized carbons (Fsp3) is 0.267. The molecular formula is C15H17N3O3. The van der Waals surface area contributed by atoms with Crippen molar-refractivity contribution in [3.8, 4) is 0 Å². The Bertz CT molecular complexity index is 581. The molecule has 0 aliphatic heterocycles. The first-order chi connectivity index (χ1) is 10.2. The number of alkyl carbamates (subject to hydrolysis) is 1. The maximum absolute atomic E-state index is 12.1. The maximum Gasteiger partial charge on any atom is 0.408 e. The van der Waals surface area contributed by atoms with Gasteiger partial charge in [-0.05, 0) is 12.0 Å². The van der Waals surface area contributed by atoms with Gasteiger partial charge in [0.2, 0.25) is 0 Å². The molecule has 6 nitrogen and oxygen atoms in total. The van der Waals surface area contributed by atoms with E-state index in [1.54, 1.807) is 6.20 Å². The lowest BCUT2D eigenvalue weighted by atomic mass is 10.2. The van der Waals surface area contributed by atoms with Gasteiger partial charge in [-0.2, -0.15) is 0 Å². The van der Waals surface area contributed by atoms with Crippen molar-refractivity contribution < 1.29 is 14.3 Å². The van der Waals surface area contributed by atoms with Gasteiger partial charge in [0.1, 0.15) is 19.0 Å². The minimum Gasteiger partial charge on any atom is -0.445 e. The number of amides is 1. The van der Waals surface area contributed by atoms with Crippen molar-refractivity contribution in [3.63, 3.8) is 0 Å². The highest BCUT2D eigenvalue weighted by Gasteiger charge is 2.20. The molecule has 1 amide bonds. The Kier molecular flexibility index (Phi) is 5.09. The molecule has 2 aromatic rings. The summed E-state index contributed by atoms with van der Waals surface area (Å²) in [6.07, 6.45) is 4.32. The van der Waals surface area contributed by atoms with Gasteiger partial charge < -0.3 is 10.1 Å². The van der Waals surface area contributed by atoms with Gasteiger partial charge in [0.15, 0.2) is 0 Å². The number of carbonyl (C=O) groups excluding carboxylic acids is 2. The van der Waals surface area contributed by atoms with Gasteiger partial charge in [0.25, 0.3) is 5.91 Å². The summed E-state index contributed by atoms with van der Waals surface area (Å²) in [6, 6.07) is 8.72. The number of carbonyl (C=O) groups is 2. The van der Waals surface area contributed by atoms with Crippen LogP contribution < -0.4 is 5.32 Å². The van der Waals surface area contributed by atoms with Crippen LogP contribution in [0.3, 0.4) is 0 Å². The molecule has 110 valence electrons. The van der Waals surface area contributed by atoms with Gasteiger partial charge >= 0.3 is 6.09 Å². The van der Waals surface area contributed by atoms with E-state index in [0.717, 1.165) is 5.56 Å². The molecule has 0 aliphatic rings. The number of nitrogens with one attached hydrogen (secondary N) is 1. The SMILES string of the molecule is CC[C@H](NC(=O)OCc1ccccc1)C(=O)n1ccnc1. The van der Waals surface area contributed by atoms with Crippen LogP contribution in [0.5, 0.6) is 0 Å². The molecule has 0 saturated heterocycles. The largest absolute Gasteiger partial charge is 0.445 e. The first-order valence-corrected chi connectivity index (χ1v) is 6.70.